The maximum atomic E-state index is 12.7. The fourth-order valence-electron chi connectivity index (χ4n) is 5.02. The lowest BCUT2D eigenvalue weighted by molar-refractivity contribution is -0.627. The van der Waals surface area contributed by atoms with Crippen molar-refractivity contribution in [3.05, 3.63) is 16.1 Å². The Hall–Kier alpha value is -2.31. The number of hydrogen-bond donors (Lipinski definition) is 4. The monoisotopic (exact) mass is 403 g/mol. The molecule has 2 saturated heterocycles. The van der Waals surface area contributed by atoms with Gasteiger partial charge in [0, 0.05) is 52.8 Å². The van der Waals surface area contributed by atoms with Crippen molar-refractivity contribution >= 4 is 11.8 Å². The lowest BCUT2D eigenvalue weighted by Crippen LogP contribution is -2.59. The number of nitroso groups, excluding NO2 is 1. The molecule has 2 fully saturated rings. The first-order valence-corrected chi connectivity index (χ1v) is 10.4. The molecule has 0 bridgehead atoms. The molecule has 0 aromatic heterocycles. The van der Waals surface area contributed by atoms with Gasteiger partial charge >= 0.3 is 6.17 Å². The minimum Gasteiger partial charge on any atom is -0.353 e. The van der Waals surface area contributed by atoms with E-state index in [2.05, 4.69) is 28.2 Å². The Morgan fingerprint density at radius 1 is 1.38 bits per heavy atom. The van der Waals surface area contributed by atoms with E-state index in [1.807, 2.05) is 19.9 Å². The molecule has 3 rings (SSSR count). The first kappa shape index (κ1) is 21.4. The van der Waals surface area contributed by atoms with Gasteiger partial charge in [-0.15, -0.1) is 0 Å². The summed E-state index contributed by atoms with van der Waals surface area (Å²) in [5.74, 6) is -0.329. The highest BCUT2D eigenvalue weighted by Crippen LogP contribution is 2.32. The second kappa shape index (κ2) is 8.59. The number of nitrogens with zero attached hydrogens (tertiary/aromatic N) is 2. The SMILES string of the molecule is CC1=C(CC(=O)N[C@H](C)C2CNC(C#N)[N+](=O)C2C)C(=O)NC2CCNC(C)C12. The highest BCUT2D eigenvalue weighted by Gasteiger charge is 2.44. The van der Waals surface area contributed by atoms with Crippen LogP contribution in [0.15, 0.2) is 11.1 Å². The van der Waals surface area contributed by atoms with E-state index in [0.717, 1.165) is 23.3 Å². The molecule has 3 heterocycles. The topological polar surface area (TPSA) is 126 Å². The van der Waals surface area contributed by atoms with E-state index < -0.39 is 12.2 Å². The van der Waals surface area contributed by atoms with E-state index in [9.17, 15) is 14.5 Å². The molecule has 3 aliphatic rings. The lowest BCUT2D eigenvalue weighted by atomic mass is 9.76. The molecule has 29 heavy (non-hydrogen) atoms. The number of nitrogens with one attached hydrogen (secondary N) is 4. The normalized spacial score (nSPS) is 36.0. The van der Waals surface area contributed by atoms with Gasteiger partial charge in [0.05, 0.1) is 12.3 Å². The van der Waals surface area contributed by atoms with Crippen LogP contribution in [-0.2, 0) is 9.59 Å². The summed E-state index contributed by atoms with van der Waals surface area (Å²) in [6.45, 7) is 9.03. The number of fused-ring (bicyclic) bond motifs is 1. The van der Waals surface area contributed by atoms with E-state index in [1.54, 1.807) is 6.92 Å². The van der Waals surface area contributed by atoms with Gasteiger partial charge in [-0.25, -0.2) is 5.32 Å². The number of piperidine rings is 1. The maximum absolute atomic E-state index is 12.7. The van der Waals surface area contributed by atoms with Gasteiger partial charge in [-0.3, -0.25) is 9.59 Å². The fourth-order valence-corrected chi connectivity index (χ4v) is 5.02. The second-order valence-corrected chi connectivity index (χ2v) is 8.54. The molecule has 0 aliphatic carbocycles. The molecule has 0 aromatic rings. The third-order valence-corrected chi connectivity index (χ3v) is 6.77. The quantitative estimate of drug-likeness (QED) is 0.487. The highest BCUT2D eigenvalue weighted by atomic mass is 16.3. The zero-order valence-electron chi connectivity index (χ0n) is 17.5. The van der Waals surface area contributed by atoms with Crippen LogP contribution in [0.25, 0.3) is 0 Å². The smallest absolute Gasteiger partial charge is 0.341 e. The predicted octanol–water partition coefficient (Wildman–Crippen LogP) is -0.0694. The summed E-state index contributed by atoms with van der Waals surface area (Å²) < 4.78 is 0.746. The third kappa shape index (κ3) is 4.19. The van der Waals surface area contributed by atoms with Crippen LogP contribution in [0.5, 0.6) is 0 Å². The van der Waals surface area contributed by atoms with E-state index in [4.69, 9.17) is 5.26 Å². The molecule has 0 aromatic carbocycles. The summed E-state index contributed by atoms with van der Waals surface area (Å²) in [7, 11) is 0. The zero-order chi connectivity index (χ0) is 21.3. The molecule has 9 heteroatoms. The summed E-state index contributed by atoms with van der Waals surface area (Å²) in [5.41, 5.74) is 1.52. The van der Waals surface area contributed by atoms with Crippen LogP contribution in [0, 0.1) is 28.1 Å². The molecule has 7 atom stereocenters. The van der Waals surface area contributed by atoms with Crippen molar-refractivity contribution in [1.82, 2.24) is 21.3 Å². The van der Waals surface area contributed by atoms with E-state index >= 15 is 0 Å². The number of carbonyl (C=O) groups is 2. The van der Waals surface area contributed by atoms with Gasteiger partial charge in [0.2, 0.25) is 17.9 Å². The van der Waals surface area contributed by atoms with Crippen LogP contribution >= 0.6 is 0 Å². The second-order valence-electron chi connectivity index (χ2n) is 8.54. The van der Waals surface area contributed by atoms with Crippen LogP contribution < -0.4 is 21.3 Å². The highest BCUT2D eigenvalue weighted by molar-refractivity contribution is 6.00. The van der Waals surface area contributed by atoms with Gasteiger partial charge in [-0.2, -0.15) is 5.26 Å². The van der Waals surface area contributed by atoms with Crippen molar-refractivity contribution in [2.75, 3.05) is 13.1 Å². The molecule has 3 aliphatic heterocycles. The van der Waals surface area contributed by atoms with Crippen molar-refractivity contribution < 1.29 is 14.3 Å². The summed E-state index contributed by atoms with van der Waals surface area (Å²) >= 11 is 0. The Labute approximate surface area is 171 Å². The minimum atomic E-state index is -0.859. The first-order valence-electron chi connectivity index (χ1n) is 10.4. The van der Waals surface area contributed by atoms with Gasteiger partial charge in [-0.05, 0) is 33.7 Å². The number of carbonyl (C=O) groups excluding carboxylic acids is 2. The van der Waals surface area contributed by atoms with Crippen molar-refractivity contribution in [2.45, 2.75) is 70.9 Å². The van der Waals surface area contributed by atoms with E-state index in [0.29, 0.717) is 12.1 Å². The standard InChI is InChI=1S/C20H30N6O3/c1-10-14(20(28)25-16-5-6-22-12(3)19(10)16)7-18(27)24-11(2)15-9-23-17(8-21)26(29)13(15)4/h11-13,15-17,19,22-23H,5-7,9H2,1-4H3,(H-,24,25,27,28)/p+1/t11-,12?,13?,15?,16?,17?,19?/m1/s1. The molecule has 9 nitrogen and oxygen atoms in total. The Morgan fingerprint density at radius 3 is 2.79 bits per heavy atom. The molecule has 2 amide bonds. The van der Waals surface area contributed by atoms with Gasteiger partial charge in [-0.1, -0.05) is 5.57 Å². The van der Waals surface area contributed by atoms with Crippen molar-refractivity contribution in [3.8, 4) is 6.07 Å². The van der Waals surface area contributed by atoms with Crippen LogP contribution in [0.1, 0.15) is 40.5 Å². The molecular weight excluding hydrogens is 372 g/mol. The van der Waals surface area contributed by atoms with Crippen LogP contribution in [-0.4, -0.2) is 60.0 Å². The summed E-state index contributed by atoms with van der Waals surface area (Å²) in [6, 6.07) is 1.64. The largest absolute Gasteiger partial charge is 0.353 e. The number of amides is 2. The van der Waals surface area contributed by atoms with E-state index in [1.165, 1.54) is 0 Å². The number of rotatable bonds is 4. The molecule has 158 valence electrons. The molecule has 6 unspecified atom stereocenters. The number of nitriles is 1. The van der Waals surface area contributed by atoms with Crippen molar-refractivity contribution in [2.24, 2.45) is 11.8 Å². The van der Waals surface area contributed by atoms with E-state index in [-0.39, 0.29) is 48.2 Å². The molecule has 0 radical (unpaired) electrons. The minimum absolute atomic E-state index is 0.0222. The average molecular weight is 404 g/mol. The average Bonchev–Trinajstić information content (AvgIpc) is 2.66. The van der Waals surface area contributed by atoms with Crippen LogP contribution in [0.3, 0.4) is 0 Å². The Balaban J connectivity index is 1.65. The van der Waals surface area contributed by atoms with Crippen molar-refractivity contribution in [3.63, 3.8) is 0 Å². The fraction of sp³-hybridized carbons (Fsp3) is 0.750. The lowest BCUT2D eigenvalue weighted by Gasteiger charge is -2.42. The Kier molecular flexibility index (Phi) is 6.34. The zero-order valence-corrected chi connectivity index (χ0v) is 17.5. The van der Waals surface area contributed by atoms with Gasteiger partial charge < -0.3 is 16.0 Å². The molecular formula is C20H31N6O3+. The summed E-state index contributed by atoms with van der Waals surface area (Å²) in [4.78, 5) is 37.5. The first-order chi connectivity index (χ1) is 13.7. The van der Waals surface area contributed by atoms with Gasteiger partial charge in [0.15, 0.2) is 6.07 Å². The van der Waals surface area contributed by atoms with Crippen LogP contribution in [0.4, 0.5) is 0 Å². The Morgan fingerprint density at radius 2 is 2.10 bits per heavy atom. The van der Waals surface area contributed by atoms with Gasteiger partial charge in [0.25, 0.3) is 0 Å². The predicted molar refractivity (Wildman–Crippen MR) is 106 cm³/mol. The molecule has 0 spiro atoms. The summed E-state index contributed by atoms with van der Waals surface area (Å²) in [5, 5.41) is 21.4. The molecule has 4 N–H and O–H groups in total. The van der Waals surface area contributed by atoms with Crippen molar-refractivity contribution in [1.29, 1.82) is 5.26 Å². The molecule has 0 saturated carbocycles. The van der Waals surface area contributed by atoms with Crippen LogP contribution in [0.2, 0.25) is 0 Å². The summed E-state index contributed by atoms with van der Waals surface area (Å²) in [6.07, 6.45) is 0.0484. The van der Waals surface area contributed by atoms with Gasteiger partial charge in [0.1, 0.15) is 0 Å². The Bertz CT molecular complexity index is 773. The maximum Gasteiger partial charge on any atom is 0.341 e. The number of hydrogen-bond acceptors (Lipinski definition) is 6. The third-order valence-electron chi connectivity index (χ3n) is 6.77.